The van der Waals surface area contributed by atoms with E-state index in [1.54, 1.807) is 13.8 Å². The molecule has 2 amide bonds. The van der Waals surface area contributed by atoms with Crippen LogP contribution in [0.25, 0.3) is 0 Å². The van der Waals surface area contributed by atoms with E-state index in [9.17, 15) is 46.8 Å². The minimum Gasteiger partial charge on any atom is -0.465 e. The van der Waals surface area contributed by atoms with Gasteiger partial charge in [0, 0.05) is 22.3 Å². The third-order valence-corrected chi connectivity index (χ3v) is 8.41. The predicted octanol–water partition coefficient (Wildman–Crippen LogP) is -0.132. The highest BCUT2D eigenvalue weighted by Crippen LogP contribution is 2.34. The molecule has 0 spiro atoms. The Morgan fingerprint density at radius 3 is 1.33 bits per heavy atom. The number of carbonyl (C=O) groups excluding carboxylic acids is 8. The lowest BCUT2D eigenvalue weighted by molar-refractivity contribution is -0.144. The van der Waals surface area contributed by atoms with Crippen molar-refractivity contribution < 1.29 is 56.2 Å². The molecule has 4 rings (SSSR count). The predicted molar refractivity (Wildman–Crippen MR) is 142 cm³/mol. The summed E-state index contributed by atoms with van der Waals surface area (Å²) in [6.45, 7) is 2.07. The Hall–Kier alpha value is -5.05. The van der Waals surface area contributed by atoms with Gasteiger partial charge in [0.05, 0.1) is 23.0 Å². The molecule has 0 saturated heterocycles. The van der Waals surface area contributed by atoms with Gasteiger partial charge in [0.15, 0.2) is 35.0 Å². The average Bonchev–Trinajstić information content (AvgIpc) is 3.38. The SMILES string of the molecule is CCOC(=O)CNC(=O)C1C(=O)c2ccc(S(=O)(=O)c3ccc4c(c3)C(=O)C(C(=O)NCC(=O)OCC)C4=O)cc2C1=O. The van der Waals surface area contributed by atoms with Gasteiger partial charge in [-0.25, -0.2) is 8.42 Å². The van der Waals surface area contributed by atoms with Crippen molar-refractivity contribution >= 4 is 56.7 Å². The van der Waals surface area contributed by atoms with Crippen molar-refractivity contribution in [2.24, 2.45) is 11.8 Å². The number of sulfone groups is 1. The van der Waals surface area contributed by atoms with Crippen LogP contribution >= 0.6 is 0 Å². The fraction of sp³-hybridized carbons (Fsp3) is 0.286. The summed E-state index contributed by atoms with van der Waals surface area (Å²) in [5, 5.41) is 4.31. The van der Waals surface area contributed by atoms with Crippen molar-refractivity contribution in [1.29, 1.82) is 0 Å². The zero-order valence-corrected chi connectivity index (χ0v) is 23.6. The number of esters is 2. The van der Waals surface area contributed by atoms with E-state index >= 15 is 0 Å². The van der Waals surface area contributed by atoms with Gasteiger partial charge >= 0.3 is 11.9 Å². The molecule has 0 aliphatic heterocycles. The maximum atomic E-state index is 13.5. The molecule has 0 bridgehead atoms. The minimum atomic E-state index is -4.45. The lowest BCUT2D eigenvalue weighted by Crippen LogP contribution is -2.39. The van der Waals surface area contributed by atoms with Gasteiger partial charge < -0.3 is 20.1 Å². The quantitative estimate of drug-likeness (QED) is 0.265. The number of carbonyl (C=O) groups is 8. The van der Waals surface area contributed by atoms with Gasteiger partial charge in [-0.2, -0.15) is 0 Å². The highest BCUT2D eigenvalue weighted by molar-refractivity contribution is 7.91. The molecule has 2 atom stereocenters. The van der Waals surface area contributed by atoms with E-state index in [1.807, 2.05) is 0 Å². The summed E-state index contributed by atoms with van der Waals surface area (Å²) in [7, 11) is -4.45. The van der Waals surface area contributed by atoms with Gasteiger partial charge in [-0.05, 0) is 50.2 Å². The number of rotatable bonds is 10. The van der Waals surface area contributed by atoms with Crippen LogP contribution in [-0.4, -0.2) is 81.6 Å². The molecular weight excluding hydrogens is 588 g/mol. The Labute approximate surface area is 244 Å². The Morgan fingerprint density at radius 2 is 0.977 bits per heavy atom. The van der Waals surface area contributed by atoms with Crippen molar-refractivity contribution in [3.8, 4) is 0 Å². The second-order valence-corrected chi connectivity index (χ2v) is 11.2. The average molecular weight is 613 g/mol. The van der Waals surface area contributed by atoms with Gasteiger partial charge in [-0.3, -0.25) is 38.4 Å². The number of ketones is 4. The van der Waals surface area contributed by atoms with E-state index in [1.165, 1.54) is 0 Å². The number of hydrogen-bond donors (Lipinski definition) is 2. The second-order valence-electron chi connectivity index (χ2n) is 9.29. The smallest absolute Gasteiger partial charge is 0.325 e. The first-order valence-corrected chi connectivity index (χ1v) is 14.4. The molecule has 0 aromatic heterocycles. The minimum absolute atomic E-state index is 0.0560. The molecule has 2 aromatic carbocycles. The van der Waals surface area contributed by atoms with E-state index in [-0.39, 0.29) is 35.5 Å². The third-order valence-electron chi connectivity index (χ3n) is 6.66. The second kappa shape index (κ2) is 12.1. The van der Waals surface area contributed by atoms with Gasteiger partial charge in [0.25, 0.3) is 0 Å². The summed E-state index contributed by atoms with van der Waals surface area (Å²) in [6, 6.07) is 6.10. The van der Waals surface area contributed by atoms with Crippen molar-refractivity contribution in [1.82, 2.24) is 10.6 Å². The standard InChI is InChI=1S/C28H24N2O12S/c1-3-41-19(31)11-29-27(37)21-23(33)15-7-5-13(9-17(15)25(21)35)43(39,40)14-6-8-16-18(10-14)26(36)22(24(16)34)28(38)30-12-20(32)42-4-2/h5-10,21-22H,3-4,11-12H2,1-2H3,(H,29,37)(H,30,38). The molecule has 0 saturated carbocycles. The Kier molecular flexibility index (Phi) is 8.66. The fourth-order valence-corrected chi connectivity index (χ4v) is 5.95. The van der Waals surface area contributed by atoms with Crippen LogP contribution in [0.2, 0.25) is 0 Å². The number of benzene rings is 2. The summed E-state index contributed by atoms with van der Waals surface area (Å²) in [6.07, 6.45) is 0. The number of nitrogens with one attached hydrogen (secondary N) is 2. The van der Waals surface area contributed by atoms with E-state index in [4.69, 9.17) is 0 Å². The molecule has 0 radical (unpaired) electrons. The van der Waals surface area contributed by atoms with Crippen molar-refractivity contribution in [3.05, 3.63) is 58.7 Å². The lowest BCUT2D eigenvalue weighted by atomic mass is 10.0. The summed E-state index contributed by atoms with van der Waals surface area (Å²) in [5.41, 5.74) is -1.03. The highest BCUT2D eigenvalue weighted by atomic mass is 32.2. The van der Waals surface area contributed by atoms with Gasteiger partial charge in [0.2, 0.25) is 21.7 Å². The molecule has 0 fully saturated rings. The fourth-order valence-electron chi connectivity index (χ4n) is 4.64. The van der Waals surface area contributed by atoms with Gasteiger partial charge in [-0.1, -0.05) is 0 Å². The van der Waals surface area contributed by atoms with Crippen LogP contribution in [-0.2, 0) is 38.5 Å². The number of ether oxygens (including phenoxy) is 2. The molecule has 43 heavy (non-hydrogen) atoms. The molecule has 2 unspecified atom stereocenters. The monoisotopic (exact) mass is 612 g/mol. The van der Waals surface area contributed by atoms with Crippen LogP contribution in [0.3, 0.4) is 0 Å². The maximum Gasteiger partial charge on any atom is 0.325 e. The molecule has 2 aliphatic rings. The summed E-state index contributed by atoms with van der Waals surface area (Å²) in [5.74, 6) is -11.0. The van der Waals surface area contributed by atoms with Crippen LogP contribution in [0.1, 0.15) is 55.3 Å². The molecule has 2 N–H and O–H groups in total. The van der Waals surface area contributed by atoms with Crippen LogP contribution in [0, 0.1) is 11.8 Å². The maximum absolute atomic E-state index is 13.5. The molecular formula is C28H24N2O12S. The van der Waals surface area contributed by atoms with Crippen molar-refractivity contribution in [2.75, 3.05) is 26.3 Å². The van der Waals surface area contributed by atoms with Gasteiger partial charge in [0.1, 0.15) is 13.1 Å². The van der Waals surface area contributed by atoms with E-state index < -0.39 is 91.4 Å². The van der Waals surface area contributed by atoms with Crippen LogP contribution in [0.5, 0.6) is 0 Å². The molecule has 2 aliphatic carbocycles. The zero-order valence-electron chi connectivity index (χ0n) is 22.8. The molecule has 0 heterocycles. The first-order valence-electron chi connectivity index (χ1n) is 12.9. The number of hydrogen-bond acceptors (Lipinski definition) is 12. The zero-order chi connectivity index (χ0) is 31.6. The highest BCUT2D eigenvalue weighted by Gasteiger charge is 2.45. The molecule has 15 heteroatoms. The number of Topliss-reactive ketones (excluding diaryl/α,β-unsaturated/α-hetero) is 4. The first kappa shape index (κ1) is 30.9. The Bertz CT molecular complexity index is 1610. The molecule has 14 nitrogen and oxygen atoms in total. The summed E-state index contributed by atoms with van der Waals surface area (Å²) in [4.78, 5) is 98.6. The molecule has 224 valence electrons. The van der Waals surface area contributed by atoms with Crippen LogP contribution in [0.15, 0.2) is 46.2 Å². The van der Waals surface area contributed by atoms with E-state index in [0.717, 1.165) is 36.4 Å². The first-order chi connectivity index (χ1) is 20.3. The van der Waals surface area contributed by atoms with E-state index in [2.05, 4.69) is 20.1 Å². The topological polar surface area (TPSA) is 213 Å². The van der Waals surface area contributed by atoms with Crippen molar-refractivity contribution in [2.45, 2.75) is 23.6 Å². The summed E-state index contributed by atoms with van der Waals surface area (Å²) < 4.78 is 36.3. The Morgan fingerprint density at radius 1 is 0.628 bits per heavy atom. The van der Waals surface area contributed by atoms with Crippen LogP contribution < -0.4 is 10.6 Å². The normalized spacial score (nSPS) is 17.3. The lowest BCUT2D eigenvalue weighted by Gasteiger charge is -2.08. The Balaban J connectivity index is 1.56. The summed E-state index contributed by atoms with van der Waals surface area (Å²) >= 11 is 0. The number of fused-ring (bicyclic) bond motifs is 2. The van der Waals surface area contributed by atoms with E-state index in [0.29, 0.717) is 0 Å². The largest absolute Gasteiger partial charge is 0.465 e. The third kappa shape index (κ3) is 5.70. The number of amides is 2. The van der Waals surface area contributed by atoms with Crippen molar-refractivity contribution in [3.63, 3.8) is 0 Å². The molecule has 2 aromatic rings. The van der Waals surface area contributed by atoms with Gasteiger partial charge in [-0.15, -0.1) is 0 Å². The van der Waals surface area contributed by atoms with Crippen LogP contribution in [0.4, 0.5) is 0 Å².